The van der Waals surface area contributed by atoms with E-state index < -0.39 is 10.0 Å². The van der Waals surface area contributed by atoms with Crippen LogP contribution in [-0.2, 0) is 10.0 Å². The molecule has 0 radical (unpaired) electrons. The van der Waals surface area contributed by atoms with Crippen LogP contribution in [0.15, 0.2) is 4.34 Å². The Hall–Kier alpha value is -0.730. The van der Waals surface area contributed by atoms with E-state index in [-0.39, 0.29) is 15.5 Å². The van der Waals surface area contributed by atoms with E-state index in [9.17, 15) is 8.42 Å². The zero-order chi connectivity index (χ0) is 12.3. The van der Waals surface area contributed by atoms with E-state index in [0.29, 0.717) is 6.54 Å². The van der Waals surface area contributed by atoms with Gasteiger partial charge in [0.05, 0.1) is 0 Å². The summed E-state index contributed by atoms with van der Waals surface area (Å²) in [5, 5.41) is 7.28. The molecule has 1 rings (SSSR count). The number of hydrogen-bond acceptors (Lipinski definition) is 6. The first-order chi connectivity index (χ1) is 7.43. The van der Waals surface area contributed by atoms with Crippen molar-refractivity contribution in [2.75, 3.05) is 12.3 Å². The number of nitrogens with zero attached hydrogens (tertiary/aromatic N) is 3. The van der Waals surface area contributed by atoms with Gasteiger partial charge in [0.25, 0.3) is 10.0 Å². The highest BCUT2D eigenvalue weighted by molar-refractivity contribution is 7.91. The second-order valence-corrected chi connectivity index (χ2v) is 6.45. The van der Waals surface area contributed by atoms with Crippen LogP contribution in [0, 0.1) is 0 Å². The van der Waals surface area contributed by atoms with Crippen LogP contribution in [0.3, 0.4) is 0 Å². The van der Waals surface area contributed by atoms with Gasteiger partial charge in [-0.15, -0.1) is 10.2 Å². The Morgan fingerprint density at radius 2 is 2.06 bits per heavy atom. The number of sulfonamides is 1. The highest BCUT2D eigenvalue weighted by Crippen LogP contribution is 2.23. The van der Waals surface area contributed by atoms with E-state index in [4.69, 9.17) is 5.73 Å². The molecule has 0 aliphatic rings. The monoisotopic (exact) mass is 264 g/mol. The average Bonchev–Trinajstić information content (AvgIpc) is 2.65. The molecule has 1 heterocycles. The Kier molecular flexibility index (Phi) is 4.22. The summed E-state index contributed by atoms with van der Waals surface area (Å²) in [5.74, 6) is 0. The van der Waals surface area contributed by atoms with Crippen molar-refractivity contribution in [3.8, 4) is 0 Å². The molecule has 0 aromatic carbocycles. The van der Waals surface area contributed by atoms with Crippen molar-refractivity contribution in [1.82, 2.24) is 14.5 Å². The van der Waals surface area contributed by atoms with Crippen LogP contribution >= 0.6 is 11.3 Å². The Morgan fingerprint density at radius 3 is 2.44 bits per heavy atom. The van der Waals surface area contributed by atoms with Gasteiger partial charge < -0.3 is 5.73 Å². The molecule has 0 spiro atoms. The summed E-state index contributed by atoms with van der Waals surface area (Å²) in [6.07, 6.45) is 0.751. The first-order valence-electron chi connectivity index (χ1n) is 5.04. The topological polar surface area (TPSA) is 89.2 Å². The van der Waals surface area contributed by atoms with Gasteiger partial charge in [0.15, 0.2) is 0 Å². The van der Waals surface area contributed by atoms with Crippen LogP contribution in [0.4, 0.5) is 5.13 Å². The van der Waals surface area contributed by atoms with Gasteiger partial charge in [-0.1, -0.05) is 25.2 Å². The molecule has 6 nitrogen and oxygen atoms in total. The fourth-order valence-corrected chi connectivity index (χ4v) is 3.96. The summed E-state index contributed by atoms with van der Waals surface area (Å²) in [5.41, 5.74) is 5.39. The lowest BCUT2D eigenvalue weighted by Crippen LogP contribution is -2.38. The van der Waals surface area contributed by atoms with E-state index in [1.54, 1.807) is 6.92 Å². The number of rotatable bonds is 5. The summed E-state index contributed by atoms with van der Waals surface area (Å²) < 4.78 is 25.7. The highest BCUT2D eigenvalue weighted by atomic mass is 32.2. The summed E-state index contributed by atoms with van der Waals surface area (Å²) in [7, 11) is -3.54. The van der Waals surface area contributed by atoms with Crippen molar-refractivity contribution in [1.29, 1.82) is 0 Å². The van der Waals surface area contributed by atoms with Crippen LogP contribution in [0.5, 0.6) is 0 Å². The SMILES string of the molecule is CCC(C)N(CC)S(=O)(=O)c1nnc(N)s1. The lowest BCUT2D eigenvalue weighted by molar-refractivity contribution is 0.342. The van der Waals surface area contributed by atoms with Crippen molar-refractivity contribution in [3.63, 3.8) is 0 Å². The molecule has 92 valence electrons. The highest BCUT2D eigenvalue weighted by Gasteiger charge is 2.30. The molecule has 16 heavy (non-hydrogen) atoms. The number of anilines is 1. The first-order valence-corrected chi connectivity index (χ1v) is 7.29. The smallest absolute Gasteiger partial charge is 0.272 e. The summed E-state index contributed by atoms with van der Waals surface area (Å²) in [6.45, 7) is 6.02. The molecule has 0 fully saturated rings. The Bertz CT molecular complexity index is 443. The van der Waals surface area contributed by atoms with Gasteiger partial charge in [-0.2, -0.15) is 4.31 Å². The first kappa shape index (κ1) is 13.3. The maximum Gasteiger partial charge on any atom is 0.272 e. The quantitative estimate of drug-likeness (QED) is 0.854. The molecule has 1 atom stereocenters. The number of hydrogen-bond donors (Lipinski definition) is 1. The van der Waals surface area contributed by atoms with Crippen LogP contribution in [0.25, 0.3) is 0 Å². The van der Waals surface area contributed by atoms with Gasteiger partial charge in [-0.05, 0) is 13.3 Å². The molecular formula is C8H16N4O2S2. The van der Waals surface area contributed by atoms with Gasteiger partial charge in [0.2, 0.25) is 9.47 Å². The molecule has 0 amide bonds. The lowest BCUT2D eigenvalue weighted by atomic mass is 10.3. The molecule has 1 aromatic heterocycles. The van der Waals surface area contributed by atoms with Crippen molar-refractivity contribution < 1.29 is 8.42 Å². The van der Waals surface area contributed by atoms with Crippen molar-refractivity contribution >= 4 is 26.5 Å². The molecule has 0 aliphatic heterocycles. The fourth-order valence-electron chi connectivity index (χ4n) is 1.35. The Labute approximate surface area is 99.5 Å². The second kappa shape index (κ2) is 5.07. The minimum atomic E-state index is -3.54. The molecule has 1 unspecified atom stereocenters. The van der Waals surface area contributed by atoms with Crippen LogP contribution in [0.1, 0.15) is 27.2 Å². The summed E-state index contributed by atoms with van der Waals surface area (Å²) in [6, 6.07) is -0.0554. The molecule has 0 bridgehead atoms. The standard InChI is InChI=1S/C8H16N4O2S2/c1-4-6(3)12(5-2)16(13,14)8-11-10-7(9)15-8/h6H,4-5H2,1-3H3,(H2,9,10). The number of nitrogens with two attached hydrogens (primary N) is 1. The second-order valence-electron chi connectivity index (χ2n) is 3.37. The van der Waals surface area contributed by atoms with Gasteiger partial charge in [-0.3, -0.25) is 0 Å². The predicted octanol–water partition coefficient (Wildman–Crippen LogP) is 0.929. The maximum absolute atomic E-state index is 12.2. The third kappa shape index (κ3) is 2.50. The molecule has 0 saturated heterocycles. The Balaban J connectivity index is 3.09. The van der Waals surface area contributed by atoms with Crippen LogP contribution < -0.4 is 5.73 Å². The predicted molar refractivity (Wildman–Crippen MR) is 63.6 cm³/mol. The Morgan fingerprint density at radius 1 is 1.44 bits per heavy atom. The van der Waals surface area contributed by atoms with E-state index in [2.05, 4.69) is 10.2 Å². The lowest BCUT2D eigenvalue weighted by Gasteiger charge is -2.24. The normalized spacial score (nSPS) is 14.2. The molecule has 1 aromatic rings. The zero-order valence-corrected chi connectivity index (χ0v) is 11.2. The van der Waals surface area contributed by atoms with E-state index in [0.717, 1.165) is 17.8 Å². The van der Waals surface area contributed by atoms with E-state index in [1.165, 1.54) is 4.31 Å². The molecule has 0 saturated carbocycles. The number of nitrogen functional groups attached to an aromatic ring is 1. The minimum absolute atomic E-state index is 0.0350. The summed E-state index contributed by atoms with van der Waals surface area (Å²) in [4.78, 5) is 0. The fraction of sp³-hybridized carbons (Fsp3) is 0.750. The van der Waals surface area contributed by atoms with Crippen molar-refractivity contribution in [2.24, 2.45) is 0 Å². The summed E-state index contributed by atoms with van der Waals surface area (Å²) >= 11 is 0.892. The zero-order valence-electron chi connectivity index (χ0n) is 9.54. The van der Waals surface area contributed by atoms with Crippen LogP contribution in [0.2, 0.25) is 0 Å². The molecule has 0 aliphatic carbocycles. The minimum Gasteiger partial charge on any atom is -0.374 e. The van der Waals surface area contributed by atoms with E-state index in [1.807, 2.05) is 13.8 Å². The average molecular weight is 264 g/mol. The van der Waals surface area contributed by atoms with Gasteiger partial charge in [0, 0.05) is 12.6 Å². The third-order valence-electron chi connectivity index (χ3n) is 2.35. The third-order valence-corrected chi connectivity index (χ3v) is 5.53. The van der Waals surface area contributed by atoms with E-state index >= 15 is 0 Å². The number of aromatic nitrogens is 2. The van der Waals surface area contributed by atoms with Gasteiger partial charge in [0.1, 0.15) is 0 Å². The van der Waals surface area contributed by atoms with Gasteiger partial charge in [-0.25, -0.2) is 8.42 Å². The van der Waals surface area contributed by atoms with Crippen molar-refractivity contribution in [2.45, 2.75) is 37.6 Å². The van der Waals surface area contributed by atoms with Crippen molar-refractivity contribution in [3.05, 3.63) is 0 Å². The van der Waals surface area contributed by atoms with Crippen LogP contribution in [-0.4, -0.2) is 35.5 Å². The largest absolute Gasteiger partial charge is 0.374 e. The van der Waals surface area contributed by atoms with Gasteiger partial charge >= 0.3 is 0 Å². The molecular weight excluding hydrogens is 248 g/mol. The molecule has 8 heteroatoms. The maximum atomic E-state index is 12.2. The molecule has 2 N–H and O–H groups in total.